The third-order valence-electron chi connectivity index (χ3n) is 7.59. The van der Waals surface area contributed by atoms with Crippen molar-refractivity contribution >= 4 is 21.4 Å². The summed E-state index contributed by atoms with van der Waals surface area (Å²) in [7, 11) is -3.64. The van der Waals surface area contributed by atoms with Gasteiger partial charge in [0, 0.05) is 37.7 Å². The van der Waals surface area contributed by atoms with Gasteiger partial charge >= 0.3 is 5.56 Å². The molecule has 3 aliphatic rings. The monoisotopic (exact) mass is 588 g/mol. The summed E-state index contributed by atoms with van der Waals surface area (Å²) in [6.45, 7) is 3.32. The second kappa shape index (κ2) is 10.3. The molecule has 0 radical (unpaired) electrons. The van der Waals surface area contributed by atoms with Crippen molar-refractivity contribution in [2.75, 3.05) is 43.0 Å². The molecule has 1 saturated heterocycles. The van der Waals surface area contributed by atoms with Crippen molar-refractivity contribution in [1.29, 1.82) is 0 Å². The van der Waals surface area contributed by atoms with Crippen LogP contribution in [0.2, 0.25) is 0 Å². The fourth-order valence-corrected chi connectivity index (χ4v) is 6.45. The van der Waals surface area contributed by atoms with Crippen molar-refractivity contribution in [1.82, 2.24) is 14.1 Å². The highest BCUT2D eigenvalue weighted by atomic mass is 32.2. The normalized spacial score (nSPS) is 19.8. The summed E-state index contributed by atoms with van der Waals surface area (Å²) in [6.07, 6.45) is 2.68. The van der Waals surface area contributed by atoms with E-state index in [4.69, 9.17) is 15.2 Å². The van der Waals surface area contributed by atoms with E-state index in [1.54, 1.807) is 18.2 Å². The topological polar surface area (TPSA) is 132 Å². The third kappa shape index (κ3) is 5.72. The molecule has 1 unspecified atom stereocenters. The minimum Gasteiger partial charge on any atom is -0.486 e. The van der Waals surface area contributed by atoms with Crippen LogP contribution in [-0.2, 0) is 15.8 Å². The first kappa shape index (κ1) is 27.4. The predicted molar refractivity (Wildman–Crippen MR) is 148 cm³/mol. The highest BCUT2D eigenvalue weighted by Gasteiger charge is 2.39. The molecule has 0 bridgehead atoms. The Morgan fingerprint density at radius 2 is 1.83 bits per heavy atom. The van der Waals surface area contributed by atoms with E-state index >= 15 is 0 Å². The maximum atomic E-state index is 13.9. The Kier molecular flexibility index (Phi) is 6.86. The van der Waals surface area contributed by atoms with Crippen molar-refractivity contribution in [3.63, 3.8) is 0 Å². The second-order valence-electron chi connectivity index (χ2n) is 11.0. The first-order valence-corrected chi connectivity index (χ1v) is 14.9. The molecule has 3 N–H and O–H groups in total. The highest BCUT2D eigenvalue weighted by molar-refractivity contribution is 7.88. The number of piperazine rings is 1. The van der Waals surface area contributed by atoms with E-state index in [1.165, 1.54) is 10.5 Å². The standard InChI is InChI=1S/C27H30F2N6O5S/c1-27(4-5-27)16-39-24-22(14-31-35(25(24)36)20-12-18(28)11-19(29)13-20)33-6-8-34(9-7-33)41(37,38)15-17-2-3-23-21(10-17)32-26(30)40-23/h2-3,10-14,26,32H,4-9,15-16,30H2,1H3. The zero-order chi connectivity index (χ0) is 28.9. The summed E-state index contributed by atoms with van der Waals surface area (Å²) >= 11 is 0. The molecule has 1 saturated carbocycles. The van der Waals surface area contributed by atoms with Gasteiger partial charge in [-0.05, 0) is 42.7 Å². The molecule has 1 atom stereocenters. The molecule has 3 heterocycles. The van der Waals surface area contributed by atoms with Gasteiger partial charge in [-0.1, -0.05) is 13.0 Å². The van der Waals surface area contributed by atoms with Crippen LogP contribution in [-0.4, -0.2) is 61.6 Å². The number of ether oxygens (including phenoxy) is 2. The number of nitrogens with two attached hydrogens (primary N) is 1. The van der Waals surface area contributed by atoms with Gasteiger partial charge < -0.3 is 19.7 Å². The summed E-state index contributed by atoms with van der Waals surface area (Å²) in [4.78, 5) is 15.3. The lowest BCUT2D eigenvalue weighted by Gasteiger charge is -2.35. The summed E-state index contributed by atoms with van der Waals surface area (Å²) in [5.74, 6) is -1.28. The van der Waals surface area contributed by atoms with E-state index in [0.717, 1.165) is 29.7 Å². The Labute approximate surface area is 235 Å². The number of halogens is 2. The van der Waals surface area contributed by atoms with Gasteiger partial charge in [0.1, 0.15) is 23.1 Å². The average molecular weight is 589 g/mol. The fourth-order valence-electron chi connectivity index (χ4n) is 4.95. The fraction of sp³-hybridized carbons (Fsp3) is 0.407. The largest absolute Gasteiger partial charge is 0.486 e. The van der Waals surface area contributed by atoms with Crippen molar-refractivity contribution in [3.8, 4) is 17.2 Å². The first-order valence-electron chi connectivity index (χ1n) is 13.3. The molecule has 2 aliphatic heterocycles. The number of aromatic nitrogens is 2. The lowest BCUT2D eigenvalue weighted by atomic mass is 10.2. The van der Waals surface area contributed by atoms with E-state index in [2.05, 4.69) is 17.3 Å². The summed E-state index contributed by atoms with van der Waals surface area (Å²) < 4.78 is 68.0. The Bertz CT molecular complexity index is 1630. The van der Waals surface area contributed by atoms with Crippen LogP contribution in [0.25, 0.3) is 5.69 Å². The second-order valence-corrected chi connectivity index (χ2v) is 12.9. The van der Waals surface area contributed by atoms with Crippen molar-refractivity contribution in [3.05, 3.63) is 70.1 Å². The number of nitrogens with zero attached hydrogens (tertiary/aromatic N) is 4. The SMILES string of the molecule is CC1(COc2c(N3CCN(S(=O)(=O)Cc4ccc5c(c4)NC(N)O5)CC3)cnn(-c3cc(F)cc(F)c3)c2=O)CC1. The van der Waals surface area contributed by atoms with Crippen LogP contribution in [0.1, 0.15) is 25.3 Å². The lowest BCUT2D eigenvalue weighted by molar-refractivity contribution is 0.242. The van der Waals surface area contributed by atoms with Gasteiger partial charge in [0.25, 0.3) is 0 Å². The van der Waals surface area contributed by atoms with E-state index in [-0.39, 0.29) is 35.7 Å². The molecule has 0 amide bonds. The van der Waals surface area contributed by atoms with Crippen LogP contribution in [0.15, 0.2) is 47.4 Å². The van der Waals surface area contributed by atoms with Crippen molar-refractivity contribution in [2.45, 2.75) is 31.9 Å². The number of fused-ring (bicyclic) bond motifs is 1. The molecular weight excluding hydrogens is 558 g/mol. The van der Waals surface area contributed by atoms with Crippen LogP contribution in [0, 0.1) is 17.0 Å². The lowest BCUT2D eigenvalue weighted by Crippen LogP contribution is -2.49. The summed E-state index contributed by atoms with van der Waals surface area (Å²) in [5.41, 5.74) is 6.62. The van der Waals surface area contributed by atoms with Gasteiger partial charge in [-0.15, -0.1) is 0 Å². The Balaban J connectivity index is 1.21. The molecule has 0 spiro atoms. The van der Waals surface area contributed by atoms with E-state index in [0.29, 0.717) is 48.5 Å². The molecule has 2 fully saturated rings. The average Bonchev–Trinajstić information content (AvgIpc) is 3.53. The number of hydrogen-bond acceptors (Lipinski definition) is 9. The van der Waals surface area contributed by atoms with Gasteiger partial charge in [-0.25, -0.2) is 17.2 Å². The van der Waals surface area contributed by atoms with Crippen LogP contribution < -0.4 is 31.0 Å². The number of rotatable bonds is 8. The van der Waals surface area contributed by atoms with Gasteiger partial charge in [0.15, 0.2) is 0 Å². The zero-order valence-electron chi connectivity index (χ0n) is 22.3. The maximum absolute atomic E-state index is 13.9. The van der Waals surface area contributed by atoms with Gasteiger partial charge in [0.05, 0.1) is 29.9 Å². The first-order chi connectivity index (χ1) is 19.5. The molecule has 11 nitrogen and oxygen atoms in total. The highest BCUT2D eigenvalue weighted by Crippen LogP contribution is 2.45. The Hall–Kier alpha value is -3.75. The molecular formula is C27H30F2N6O5S. The Morgan fingerprint density at radius 1 is 1.12 bits per heavy atom. The molecule has 218 valence electrons. The molecule has 1 aliphatic carbocycles. The number of sulfonamides is 1. The van der Waals surface area contributed by atoms with E-state index in [1.807, 2.05) is 4.90 Å². The summed E-state index contributed by atoms with van der Waals surface area (Å²) in [5, 5.41) is 7.11. The minimum absolute atomic E-state index is 0.0140. The number of benzene rings is 2. The minimum atomic E-state index is -3.64. The third-order valence-corrected chi connectivity index (χ3v) is 9.44. The Morgan fingerprint density at radius 3 is 2.51 bits per heavy atom. The predicted octanol–water partition coefficient (Wildman–Crippen LogP) is 2.39. The van der Waals surface area contributed by atoms with E-state index < -0.39 is 33.6 Å². The molecule has 3 aromatic rings. The molecule has 1 aromatic heterocycles. The summed E-state index contributed by atoms with van der Waals surface area (Å²) in [6, 6.07) is 7.85. The van der Waals surface area contributed by atoms with Crippen LogP contribution in [0.3, 0.4) is 0 Å². The van der Waals surface area contributed by atoms with Crippen LogP contribution >= 0.6 is 0 Å². The van der Waals surface area contributed by atoms with Crippen LogP contribution in [0.5, 0.6) is 11.5 Å². The maximum Gasteiger partial charge on any atom is 0.316 e. The van der Waals surface area contributed by atoms with Crippen LogP contribution in [0.4, 0.5) is 20.2 Å². The molecule has 2 aromatic carbocycles. The number of nitrogens with one attached hydrogen (secondary N) is 1. The number of hydrogen-bond donors (Lipinski definition) is 2. The quantitative estimate of drug-likeness (QED) is 0.407. The zero-order valence-corrected chi connectivity index (χ0v) is 23.2. The van der Waals surface area contributed by atoms with Crippen molar-refractivity contribution in [2.24, 2.45) is 11.1 Å². The smallest absolute Gasteiger partial charge is 0.316 e. The molecule has 6 rings (SSSR count). The van der Waals surface area contributed by atoms with Crippen molar-refractivity contribution < 1.29 is 26.7 Å². The molecule has 41 heavy (non-hydrogen) atoms. The van der Waals surface area contributed by atoms with Gasteiger partial charge in [0.2, 0.25) is 22.1 Å². The van der Waals surface area contributed by atoms with E-state index in [9.17, 15) is 22.0 Å². The number of anilines is 2. The van der Waals surface area contributed by atoms with Gasteiger partial charge in [-0.3, -0.25) is 10.5 Å². The van der Waals surface area contributed by atoms with Gasteiger partial charge in [-0.2, -0.15) is 14.1 Å². The molecule has 14 heteroatoms.